The van der Waals surface area contributed by atoms with Crippen LogP contribution < -0.4 is 0 Å². The van der Waals surface area contributed by atoms with Crippen molar-refractivity contribution in [1.82, 2.24) is 23.3 Å². The predicted molar refractivity (Wildman–Crippen MR) is 411 cm³/mol. The number of rotatable bonds is 9. The Hall–Kier alpha value is -12.3. The summed E-state index contributed by atoms with van der Waals surface area (Å²) >= 11 is 0. The van der Waals surface area contributed by atoms with Crippen LogP contribution in [0.2, 0.25) is 0 Å². The molecule has 0 spiro atoms. The maximum absolute atomic E-state index is 12.9. The molecule has 13 aromatic carbocycles. The Balaban J connectivity index is 1.01. The molecule has 98 heavy (non-hydrogen) atoms. The predicted octanol–water partition coefficient (Wildman–Crippen LogP) is 24.1. The fourth-order valence-electron chi connectivity index (χ4n) is 16.1. The van der Waals surface area contributed by atoms with E-state index in [1.165, 1.54) is 87.6 Å². The molecule has 0 radical (unpaired) electrons. The fraction of sp³-hybridized carbons (Fsp3) is 0.0870. The summed E-state index contributed by atoms with van der Waals surface area (Å²) in [5, 5.41) is 22.5. The molecule has 6 heteroatoms. The molecule has 0 atom stereocenters. The summed E-state index contributed by atoms with van der Waals surface area (Å²) < 4.78 is 9.66. The van der Waals surface area contributed by atoms with E-state index in [1.54, 1.807) is 0 Å². The molecule has 0 saturated carbocycles. The van der Waals surface area contributed by atoms with Gasteiger partial charge in [0.05, 0.1) is 55.4 Å². The Kier molecular flexibility index (Phi) is 13.3. The van der Waals surface area contributed by atoms with Gasteiger partial charge in [-0.3, -0.25) is 4.98 Å². The third kappa shape index (κ3) is 9.18. The molecule has 0 unspecified atom stereocenters. The SMILES string of the molecule is Cc1ccc2c(c1)c1cc(C)ccc1n2-c1cccc(-c2c(C#N)c(-c3cccc(-n4c5ccc(C)cc5c5cc(C)ccc54)c3)c(-c3ccccn3)c(-c3cccc(-n4c5ccc(C)cc5c5cc(C)ccc54)c3)c2-c2cccc(-n3c4ccc(C)cc4c4cc(C)ccc43)c2)c1. The van der Waals surface area contributed by atoms with Gasteiger partial charge in [0.15, 0.2) is 0 Å². The second-order valence-corrected chi connectivity index (χ2v) is 27.3. The monoisotopic (exact) mass is 1260 g/mol. The second-order valence-electron chi connectivity index (χ2n) is 27.3. The van der Waals surface area contributed by atoms with Gasteiger partial charge in [0.2, 0.25) is 0 Å². The van der Waals surface area contributed by atoms with Crippen molar-refractivity contribution in [2.24, 2.45) is 0 Å². The van der Waals surface area contributed by atoms with Crippen LogP contribution in [-0.4, -0.2) is 23.3 Å². The zero-order valence-corrected chi connectivity index (χ0v) is 56.1. The topological polar surface area (TPSA) is 56.4 Å². The molecule has 0 fully saturated rings. The van der Waals surface area contributed by atoms with Crippen LogP contribution in [0.3, 0.4) is 0 Å². The number of pyridine rings is 1. The molecular formula is C92H68N6. The van der Waals surface area contributed by atoms with Crippen molar-refractivity contribution < 1.29 is 0 Å². The molecule has 5 heterocycles. The molecule has 5 aromatic heterocycles. The summed E-state index contributed by atoms with van der Waals surface area (Å²) in [6.45, 7) is 17.4. The summed E-state index contributed by atoms with van der Waals surface area (Å²) in [7, 11) is 0. The van der Waals surface area contributed by atoms with Crippen LogP contribution in [0.25, 0.3) is 166 Å². The fourth-order valence-corrected chi connectivity index (χ4v) is 16.1. The van der Waals surface area contributed by atoms with Crippen molar-refractivity contribution in [2.45, 2.75) is 55.4 Å². The van der Waals surface area contributed by atoms with Crippen LogP contribution >= 0.6 is 0 Å². The lowest BCUT2D eigenvalue weighted by molar-refractivity contribution is 1.17. The van der Waals surface area contributed by atoms with Gasteiger partial charge in [0.1, 0.15) is 6.07 Å². The minimum atomic E-state index is 0.540. The van der Waals surface area contributed by atoms with Crippen LogP contribution in [0.1, 0.15) is 50.1 Å². The zero-order valence-electron chi connectivity index (χ0n) is 56.1. The Bertz CT molecular complexity index is 6230. The number of fused-ring (bicyclic) bond motifs is 12. The van der Waals surface area contributed by atoms with Gasteiger partial charge in [0.25, 0.3) is 0 Å². The minimum Gasteiger partial charge on any atom is -0.309 e. The first-order valence-electron chi connectivity index (χ1n) is 33.9. The van der Waals surface area contributed by atoms with Crippen molar-refractivity contribution in [2.75, 3.05) is 0 Å². The second kappa shape index (κ2) is 22.4. The van der Waals surface area contributed by atoms with Crippen LogP contribution in [-0.2, 0) is 0 Å². The first-order valence-corrected chi connectivity index (χ1v) is 33.9. The highest BCUT2D eigenvalue weighted by molar-refractivity contribution is 6.15. The largest absolute Gasteiger partial charge is 0.309 e. The molecule has 0 aliphatic carbocycles. The molecular weight excluding hydrogens is 1190 g/mol. The van der Waals surface area contributed by atoms with Gasteiger partial charge in [0, 0.05) is 94.3 Å². The number of hydrogen-bond acceptors (Lipinski definition) is 2. The lowest BCUT2D eigenvalue weighted by atomic mass is 9.76. The van der Waals surface area contributed by atoms with Crippen molar-refractivity contribution >= 4 is 87.2 Å². The lowest BCUT2D eigenvalue weighted by Gasteiger charge is -2.27. The van der Waals surface area contributed by atoms with Crippen molar-refractivity contribution in [3.05, 3.63) is 317 Å². The molecule has 18 rings (SSSR count). The Morgan fingerprint density at radius 2 is 0.490 bits per heavy atom. The molecule has 0 aliphatic heterocycles. The number of aryl methyl sites for hydroxylation is 8. The van der Waals surface area contributed by atoms with Gasteiger partial charge in [-0.25, -0.2) is 0 Å². The number of nitriles is 1. The van der Waals surface area contributed by atoms with Gasteiger partial charge in [-0.05, 0) is 241 Å². The van der Waals surface area contributed by atoms with Crippen LogP contribution in [0.4, 0.5) is 0 Å². The number of nitrogens with zero attached hydrogens (tertiary/aromatic N) is 6. The molecule has 0 saturated heterocycles. The summed E-state index contributed by atoms with van der Waals surface area (Å²) in [6, 6.07) is 99.6. The van der Waals surface area contributed by atoms with Crippen molar-refractivity contribution in [3.63, 3.8) is 0 Å². The molecule has 0 bridgehead atoms. The number of benzene rings is 13. The standard InChI is InChI=1S/C92H68N6/c1-54-24-32-80-70(41-54)71-42-55(2)25-33-81(71)95(80)66-19-11-15-62(49-66)88-78(53-93)89(63-16-12-20-67(50-63)96-82-34-26-56(3)43-72(82)73-44-57(4)27-35-83(73)96)92(79-23-9-10-40-94-79)91(65-18-14-22-69(52-65)98-86-38-30-60(7)47-76(86)77-48-61(8)31-39-87(77)98)90(88)64-17-13-21-68(51-64)97-84-36-28-58(5)45-74(84)75-46-59(6)29-37-85(75)97/h9-52H,1-8H3. The van der Waals surface area contributed by atoms with E-state index in [2.05, 4.69) is 335 Å². The normalized spacial score (nSPS) is 11.9. The van der Waals surface area contributed by atoms with Crippen LogP contribution in [0.15, 0.2) is 267 Å². The highest BCUT2D eigenvalue weighted by atomic mass is 15.0. The van der Waals surface area contributed by atoms with Crippen molar-refractivity contribution in [3.8, 4) is 84.6 Å². The zero-order chi connectivity index (χ0) is 66.4. The van der Waals surface area contributed by atoms with Crippen LogP contribution in [0, 0.1) is 66.7 Å². The summed E-state index contributed by atoms with van der Waals surface area (Å²) in [4.78, 5) is 5.41. The molecule has 0 aliphatic rings. The summed E-state index contributed by atoms with van der Waals surface area (Å²) in [5.41, 5.74) is 32.0. The van der Waals surface area contributed by atoms with E-state index in [0.29, 0.717) is 5.56 Å². The van der Waals surface area contributed by atoms with E-state index in [4.69, 9.17) is 4.98 Å². The van der Waals surface area contributed by atoms with E-state index in [-0.39, 0.29) is 0 Å². The third-order valence-electron chi connectivity index (χ3n) is 20.4. The third-order valence-corrected chi connectivity index (χ3v) is 20.4. The number of hydrogen-bond donors (Lipinski definition) is 0. The van der Waals surface area contributed by atoms with Gasteiger partial charge in [-0.15, -0.1) is 0 Å². The Morgan fingerprint density at radius 1 is 0.245 bits per heavy atom. The smallest absolute Gasteiger partial charge is 0.100 e. The van der Waals surface area contributed by atoms with Gasteiger partial charge in [-0.1, -0.05) is 148 Å². The molecule has 466 valence electrons. The highest BCUT2D eigenvalue weighted by Crippen LogP contribution is 2.54. The maximum atomic E-state index is 12.9. The van der Waals surface area contributed by atoms with E-state index >= 15 is 0 Å². The summed E-state index contributed by atoms with van der Waals surface area (Å²) in [5.74, 6) is 0. The summed E-state index contributed by atoms with van der Waals surface area (Å²) in [6.07, 6.45) is 1.89. The van der Waals surface area contributed by atoms with E-state index in [0.717, 1.165) is 123 Å². The average Bonchev–Trinajstić information content (AvgIpc) is 0.933. The highest BCUT2D eigenvalue weighted by Gasteiger charge is 2.31. The quantitative estimate of drug-likeness (QED) is 0.145. The Morgan fingerprint density at radius 3 is 0.735 bits per heavy atom. The molecule has 0 N–H and O–H groups in total. The molecule has 6 nitrogen and oxygen atoms in total. The first-order chi connectivity index (χ1) is 47.8. The lowest BCUT2D eigenvalue weighted by Crippen LogP contribution is -2.05. The first kappa shape index (κ1) is 58.3. The molecule has 18 aromatic rings. The molecule has 0 amide bonds. The van der Waals surface area contributed by atoms with E-state index in [9.17, 15) is 5.26 Å². The minimum absolute atomic E-state index is 0.540. The van der Waals surface area contributed by atoms with E-state index in [1.807, 2.05) is 12.3 Å². The van der Waals surface area contributed by atoms with Crippen LogP contribution in [0.5, 0.6) is 0 Å². The van der Waals surface area contributed by atoms with Gasteiger partial charge in [-0.2, -0.15) is 5.26 Å². The van der Waals surface area contributed by atoms with Crippen molar-refractivity contribution in [1.29, 1.82) is 5.26 Å². The maximum Gasteiger partial charge on any atom is 0.100 e. The van der Waals surface area contributed by atoms with Gasteiger partial charge >= 0.3 is 0 Å². The number of aromatic nitrogens is 5. The Labute approximate surface area is 569 Å². The average molecular weight is 1260 g/mol. The van der Waals surface area contributed by atoms with Gasteiger partial charge < -0.3 is 18.3 Å². The van der Waals surface area contributed by atoms with E-state index < -0.39 is 0 Å².